The Bertz CT molecular complexity index is 351. The van der Waals surface area contributed by atoms with Crippen LogP contribution < -0.4 is 0 Å². The van der Waals surface area contributed by atoms with E-state index in [-0.39, 0.29) is 6.54 Å². The first-order valence-corrected chi connectivity index (χ1v) is 5.13. The van der Waals surface area contributed by atoms with E-state index in [2.05, 4.69) is 14.2 Å². The zero-order valence-corrected chi connectivity index (χ0v) is 10.6. The smallest absolute Gasteiger partial charge is 0.341 e. The Kier molecular flexibility index (Phi) is 4.25. The van der Waals surface area contributed by atoms with Crippen LogP contribution in [-0.2, 0) is 33.4 Å². The fourth-order valence-corrected chi connectivity index (χ4v) is 1.45. The lowest BCUT2D eigenvalue weighted by atomic mass is 10.1. The van der Waals surface area contributed by atoms with E-state index in [4.69, 9.17) is 4.84 Å². The molecule has 8 nitrogen and oxygen atoms in total. The molecule has 0 N–H and O–H groups in total. The van der Waals surface area contributed by atoms with E-state index in [0.717, 1.165) is 19.3 Å². The van der Waals surface area contributed by atoms with Gasteiger partial charge in [0.25, 0.3) is 5.54 Å². The van der Waals surface area contributed by atoms with Gasteiger partial charge in [0.05, 0.1) is 27.9 Å². The summed E-state index contributed by atoms with van der Waals surface area (Å²) in [6.07, 6.45) is -0.939. The van der Waals surface area contributed by atoms with Gasteiger partial charge in [-0.25, -0.2) is 14.4 Å². The van der Waals surface area contributed by atoms with Crippen LogP contribution in [-0.4, -0.2) is 62.5 Å². The molecule has 1 saturated heterocycles. The fourth-order valence-electron chi connectivity index (χ4n) is 1.45. The Morgan fingerprint density at radius 1 is 1.06 bits per heavy atom. The lowest BCUT2D eigenvalue weighted by Crippen LogP contribution is -2.41. The van der Waals surface area contributed by atoms with E-state index < -0.39 is 29.6 Å². The fraction of sp³-hybridized carbons (Fsp3) is 0.700. The van der Waals surface area contributed by atoms with Crippen LogP contribution in [0.5, 0.6) is 0 Å². The van der Waals surface area contributed by atoms with Crippen LogP contribution in [0.2, 0.25) is 0 Å². The molecule has 2 atom stereocenters. The van der Waals surface area contributed by atoms with Gasteiger partial charge < -0.3 is 14.2 Å². The number of hydroxylamine groups is 2. The summed E-state index contributed by atoms with van der Waals surface area (Å²) in [6.45, 7) is 1.40. The van der Waals surface area contributed by atoms with Crippen molar-refractivity contribution < 1.29 is 33.4 Å². The van der Waals surface area contributed by atoms with E-state index in [0.29, 0.717) is 0 Å². The summed E-state index contributed by atoms with van der Waals surface area (Å²) >= 11 is 0. The highest BCUT2D eigenvalue weighted by Gasteiger charge is 2.69. The molecule has 0 aromatic rings. The standard InChI is InChI=1S/C10H15NO7/c1-6(7(12)15-2)18-11-5-10(11,8(13)16-3)9(14)17-4/h6H,5H2,1-4H3/t6-,11?/m1/s1. The van der Waals surface area contributed by atoms with Gasteiger partial charge in [-0.05, 0) is 6.92 Å². The first-order valence-electron chi connectivity index (χ1n) is 5.13. The monoisotopic (exact) mass is 261 g/mol. The molecule has 0 saturated carbocycles. The van der Waals surface area contributed by atoms with Crippen molar-refractivity contribution >= 4 is 17.9 Å². The van der Waals surface area contributed by atoms with Crippen molar-refractivity contribution in [3.05, 3.63) is 0 Å². The Morgan fingerprint density at radius 3 is 1.94 bits per heavy atom. The van der Waals surface area contributed by atoms with Gasteiger partial charge in [0.2, 0.25) is 0 Å². The first kappa shape index (κ1) is 14.4. The summed E-state index contributed by atoms with van der Waals surface area (Å²) in [7, 11) is 3.50. The van der Waals surface area contributed by atoms with Gasteiger partial charge in [0.15, 0.2) is 6.10 Å². The number of hydrogen-bond acceptors (Lipinski definition) is 8. The summed E-state index contributed by atoms with van der Waals surface area (Å²) in [5.74, 6) is -2.22. The third-order valence-electron chi connectivity index (χ3n) is 2.56. The molecule has 0 spiro atoms. The van der Waals surface area contributed by atoms with Gasteiger partial charge in [-0.1, -0.05) is 0 Å². The third kappa shape index (κ3) is 2.29. The predicted molar refractivity (Wildman–Crippen MR) is 56.0 cm³/mol. The summed E-state index contributed by atoms with van der Waals surface area (Å²) in [5, 5.41) is 1.03. The van der Waals surface area contributed by atoms with Gasteiger partial charge in [-0.3, -0.25) is 4.84 Å². The Hall–Kier alpha value is -1.67. The second-order valence-electron chi connectivity index (χ2n) is 3.65. The molecule has 1 heterocycles. The van der Waals surface area contributed by atoms with Crippen LogP contribution in [0.3, 0.4) is 0 Å². The number of methoxy groups -OCH3 is 3. The highest BCUT2D eigenvalue weighted by atomic mass is 16.7. The maximum absolute atomic E-state index is 11.6. The lowest BCUT2D eigenvalue weighted by Gasteiger charge is -2.15. The second kappa shape index (κ2) is 5.32. The summed E-state index contributed by atoms with van der Waals surface area (Å²) in [6, 6.07) is 0. The quantitative estimate of drug-likeness (QED) is 0.266. The molecular weight excluding hydrogens is 246 g/mol. The molecule has 1 unspecified atom stereocenters. The number of esters is 3. The first-order chi connectivity index (χ1) is 8.43. The maximum atomic E-state index is 11.6. The molecule has 0 amide bonds. The van der Waals surface area contributed by atoms with E-state index in [1.165, 1.54) is 14.0 Å². The van der Waals surface area contributed by atoms with Crippen LogP contribution in [0.1, 0.15) is 6.92 Å². The number of carbonyl (C=O) groups is 3. The van der Waals surface area contributed by atoms with Crippen LogP contribution in [0, 0.1) is 0 Å². The zero-order valence-electron chi connectivity index (χ0n) is 10.6. The maximum Gasteiger partial charge on any atom is 0.341 e. The summed E-state index contributed by atoms with van der Waals surface area (Å²) in [5.41, 5.74) is -1.62. The van der Waals surface area contributed by atoms with E-state index in [9.17, 15) is 14.4 Å². The molecule has 102 valence electrons. The van der Waals surface area contributed by atoms with Crippen molar-refractivity contribution in [1.82, 2.24) is 5.06 Å². The van der Waals surface area contributed by atoms with Crippen molar-refractivity contribution in [2.24, 2.45) is 0 Å². The van der Waals surface area contributed by atoms with E-state index in [1.807, 2.05) is 0 Å². The molecule has 8 heteroatoms. The van der Waals surface area contributed by atoms with Crippen molar-refractivity contribution in [1.29, 1.82) is 0 Å². The molecule has 1 fully saturated rings. The molecule has 1 rings (SSSR count). The van der Waals surface area contributed by atoms with Gasteiger partial charge in [-0.15, -0.1) is 0 Å². The molecule has 0 aromatic heterocycles. The van der Waals surface area contributed by atoms with Crippen molar-refractivity contribution in [3.8, 4) is 0 Å². The van der Waals surface area contributed by atoms with Crippen LogP contribution >= 0.6 is 0 Å². The minimum atomic E-state index is -1.62. The van der Waals surface area contributed by atoms with Crippen molar-refractivity contribution in [2.45, 2.75) is 18.6 Å². The SMILES string of the molecule is COC(=O)[C@@H](C)ON1CC1(C(=O)OC)C(=O)OC. The van der Waals surface area contributed by atoms with E-state index in [1.54, 1.807) is 0 Å². The molecule has 0 bridgehead atoms. The molecule has 1 aliphatic rings. The predicted octanol–water partition coefficient (Wildman–Crippen LogP) is -1.12. The number of hydrogen-bond donors (Lipinski definition) is 0. The Morgan fingerprint density at radius 2 is 1.56 bits per heavy atom. The number of nitrogens with zero attached hydrogens (tertiary/aromatic N) is 1. The van der Waals surface area contributed by atoms with Crippen molar-refractivity contribution in [3.63, 3.8) is 0 Å². The average Bonchev–Trinajstić information content (AvgIpc) is 3.10. The molecule has 0 aliphatic carbocycles. The normalized spacial score (nSPS) is 21.7. The van der Waals surface area contributed by atoms with Crippen LogP contribution in [0.15, 0.2) is 0 Å². The molecule has 18 heavy (non-hydrogen) atoms. The van der Waals surface area contributed by atoms with Gasteiger partial charge in [0.1, 0.15) is 0 Å². The summed E-state index contributed by atoms with van der Waals surface area (Å²) < 4.78 is 13.5. The summed E-state index contributed by atoms with van der Waals surface area (Å²) in [4.78, 5) is 39.4. The average molecular weight is 261 g/mol. The van der Waals surface area contributed by atoms with Gasteiger partial charge >= 0.3 is 17.9 Å². The topological polar surface area (TPSA) is 91.1 Å². The highest BCUT2D eigenvalue weighted by Crippen LogP contribution is 2.36. The van der Waals surface area contributed by atoms with Crippen LogP contribution in [0.25, 0.3) is 0 Å². The van der Waals surface area contributed by atoms with Crippen molar-refractivity contribution in [2.75, 3.05) is 27.9 Å². The lowest BCUT2D eigenvalue weighted by molar-refractivity contribution is -0.190. The zero-order chi connectivity index (χ0) is 13.9. The molecule has 0 aromatic carbocycles. The largest absolute Gasteiger partial charge is 0.467 e. The van der Waals surface area contributed by atoms with Crippen LogP contribution in [0.4, 0.5) is 0 Å². The molecule has 1 aliphatic heterocycles. The van der Waals surface area contributed by atoms with Gasteiger partial charge in [-0.2, -0.15) is 5.06 Å². The number of ether oxygens (including phenoxy) is 3. The molecule has 0 radical (unpaired) electrons. The third-order valence-corrected chi connectivity index (χ3v) is 2.56. The number of carbonyl (C=O) groups excluding carboxylic acids is 3. The second-order valence-corrected chi connectivity index (χ2v) is 3.65. The number of rotatable bonds is 5. The Balaban J connectivity index is 2.74. The Labute approximate surface area is 104 Å². The van der Waals surface area contributed by atoms with Gasteiger partial charge in [0, 0.05) is 0 Å². The minimum absolute atomic E-state index is 0.0340. The highest BCUT2D eigenvalue weighted by molar-refractivity contribution is 6.08. The molecular formula is C10H15NO7. The van der Waals surface area contributed by atoms with E-state index >= 15 is 0 Å². The minimum Gasteiger partial charge on any atom is -0.467 e.